The van der Waals surface area contributed by atoms with Crippen molar-refractivity contribution in [3.63, 3.8) is 0 Å². The summed E-state index contributed by atoms with van der Waals surface area (Å²) >= 11 is 0. The third-order valence-electron chi connectivity index (χ3n) is 6.88. The van der Waals surface area contributed by atoms with Gasteiger partial charge in [-0.25, -0.2) is 4.98 Å². The number of imidazole rings is 1. The quantitative estimate of drug-likeness (QED) is 0.527. The fourth-order valence-corrected chi connectivity index (χ4v) is 4.70. The number of hydrogen-bond acceptors (Lipinski definition) is 5. The van der Waals surface area contributed by atoms with Gasteiger partial charge in [-0.2, -0.15) is 0 Å². The van der Waals surface area contributed by atoms with E-state index >= 15 is 0 Å². The highest BCUT2D eigenvalue weighted by atomic mass is 16.5. The topological polar surface area (TPSA) is 81.5 Å². The molecular formula is C27H27N3O4. The summed E-state index contributed by atoms with van der Waals surface area (Å²) in [6.07, 6.45) is 2.53. The summed E-state index contributed by atoms with van der Waals surface area (Å²) in [5.41, 5.74) is 5.79. The minimum atomic E-state index is -0.527. The molecule has 1 aliphatic heterocycles. The second-order valence-electron chi connectivity index (χ2n) is 9.10. The summed E-state index contributed by atoms with van der Waals surface area (Å²) in [6, 6.07) is 13.2. The van der Waals surface area contributed by atoms with Crippen LogP contribution in [-0.2, 0) is 29.3 Å². The first kappa shape index (κ1) is 22.1. The van der Waals surface area contributed by atoms with Gasteiger partial charge in [0.2, 0.25) is 0 Å². The van der Waals surface area contributed by atoms with Crippen LogP contribution < -0.4 is 4.74 Å². The molecule has 2 aliphatic rings. The molecule has 34 heavy (non-hydrogen) atoms. The minimum absolute atomic E-state index is 0.0456. The van der Waals surface area contributed by atoms with Crippen LogP contribution in [0.3, 0.4) is 0 Å². The number of benzene rings is 2. The van der Waals surface area contributed by atoms with E-state index < -0.39 is 6.04 Å². The lowest BCUT2D eigenvalue weighted by atomic mass is 9.92. The van der Waals surface area contributed by atoms with Crippen molar-refractivity contribution in [2.45, 2.75) is 58.8 Å². The molecule has 1 aromatic heterocycles. The molecule has 2 heterocycles. The number of carbonyl (C=O) groups is 3. The molecule has 174 valence electrons. The smallest absolute Gasteiger partial charge is 0.255 e. The highest BCUT2D eigenvalue weighted by Crippen LogP contribution is 2.34. The molecule has 0 spiro atoms. The molecular weight excluding hydrogens is 430 g/mol. The zero-order valence-corrected chi connectivity index (χ0v) is 19.4. The Bertz CT molecular complexity index is 1280. The van der Waals surface area contributed by atoms with Crippen LogP contribution >= 0.6 is 0 Å². The van der Waals surface area contributed by atoms with Crippen LogP contribution in [0.1, 0.15) is 57.7 Å². The molecule has 1 atom stereocenters. The summed E-state index contributed by atoms with van der Waals surface area (Å²) in [6.45, 7) is 5.55. The second kappa shape index (κ2) is 8.89. The lowest BCUT2D eigenvalue weighted by Gasteiger charge is -2.29. The van der Waals surface area contributed by atoms with Crippen molar-refractivity contribution in [2.75, 3.05) is 0 Å². The largest absolute Gasteiger partial charge is 0.489 e. The lowest BCUT2D eigenvalue weighted by Crippen LogP contribution is -2.44. The van der Waals surface area contributed by atoms with E-state index in [1.807, 2.05) is 31.5 Å². The lowest BCUT2D eigenvalue weighted by molar-refractivity contribution is -0.133. The summed E-state index contributed by atoms with van der Waals surface area (Å²) in [5, 5.41) is 0. The van der Waals surface area contributed by atoms with E-state index in [0.717, 1.165) is 29.1 Å². The van der Waals surface area contributed by atoms with E-state index in [1.54, 1.807) is 17.0 Å². The molecule has 0 unspecified atom stereocenters. The first-order valence-corrected chi connectivity index (χ1v) is 11.6. The molecule has 3 aromatic rings. The molecule has 1 amide bonds. The number of ketones is 2. The summed E-state index contributed by atoms with van der Waals surface area (Å²) in [5.74, 6) is 0.278. The molecule has 2 aromatic carbocycles. The fraction of sp³-hybridized carbons (Fsp3) is 0.333. The van der Waals surface area contributed by atoms with Crippen LogP contribution in [0, 0.1) is 13.8 Å². The molecule has 0 radical (unpaired) electrons. The van der Waals surface area contributed by atoms with Crippen molar-refractivity contribution < 1.29 is 19.1 Å². The summed E-state index contributed by atoms with van der Waals surface area (Å²) in [7, 11) is 0. The van der Waals surface area contributed by atoms with E-state index in [1.165, 1.54) is 5.56 Å². The monoisotopic (exact) mass is 457 g/mol. The number of Topliss-reactive ketones (excluding diaryl/α,β-unsaturated/α-hetero) is 2. The molecule has 5 rings (SSSR count). The Morgan fingerprint density at radius 1 is 1.03 bits per heavy atom. The fourth-order valence-electron chi connectivity index (χ4n) is 4.70. The van der Waals surface area contributed by atoms with Gasteiger partial charge >= 0.3 is 0 Å². The van der Waals surface area contributed by atoms with Crippen LogP contribution in [0.5, 0.6) is 5.75 Å². The van der Waals surface area contributed by atoms with Gasteiger partial charge < -0.3 is 14.2 Å². The molecule has 0 saturated heterocycles. The Hall–Kier alpha value is -3.74. The molecule has 1 saturated carbocycles. The SMILES string of the molecule is Cc1ncn(Cc2ccc(COc3cccc4c3CN([C@@H]3CCC(=O)CC3=O)C4=O)cc2)c1C. The van der Waals surface area contributed by atoms with Gasteiger partial charge in [0, 0.05) is 29.8 Å². The zero-order valence-electron chi connectivity index (χ0n) is 19.4. The number of nitrogens with zero attached hydrogens (tertiary/aromatic N) is 3. The number of carbonyl (C=O) groups excluding carboxylic acids is 3. The number of aryl methyl sites for hydroxylation is 1. The third kappa shape index (κ3) is 4.14. The van der Waals surface area contributed by atoms with Crippen molar-refractivity contribution in [3.05, 3.63) is 82.4 Å². The van der Waals surface area contributed by atoms with Crippen molar-refractivity contribution in [3.8, 4) is 5.75 Å². The highest BCUT2D eigenvalue weighted by molar-refractivity contribution is 6.07. The second-order valence-corrected chi connectivity index (χ2v) is 9.10. The van der Waals surface area contributed by atoms with Crippen molar-refractivity contribution >= 4 is 17.5 Å². The standard InChI is InChI=1S/C27H27N3O4/c1-17-18(2)29(16-28-17)13-19-6-8-20(9-7-19)15-34-26-5-3-4-22-23(26)14-30(27(22)33)24-11-10-21(31)12-25(24)32/h3-9,16,24H,10-15H2,1-2H3/t24-/m1/s1. The zero-order chi connectivity index (χ0) is 23.8. The number of rotatable bonds is 6. The molecule has 1 aliphatic carbocycles. The van der Waals surface area contributed by atoms with Gasteiger partial charge in [0.05, 0.1) is 31.0 Å². The average Bonchev–Trinajstić information content (AvgIpc) is 3.33. The predicted molar refractivity (Wildman–Crippen MR) is 126 cm³/mol. The van der Waals surface area contributed by atoms with Gasteiger partial charge in [-0.15, -0.1) is 0 Å². The minimum Gasteiger partial charge on any atom is -0.489 e. The number of aromatic nitrogens is 2. The molecule has 0 N–H and O–H groups in total. The van der Waals surface area contributed by atoms with Crippen LogP contribution in [0.2, 0.25) is 0 Å². The Morgan fingerprint density at radius 3 is 2.50 bits per heavy atom. The highest BCUT2D eigenvalue weighted by Gasteiger charge is 2.39. The number of fused-ring (bicyclic) bond motifs is 1. The van der Waals surface area contributed by atoms with E-state index in [4.69, 9.17) is 4.74 Å². The predicted octanol–water partition coefficient (Wildman–Crippen LogP) is 3.77. The van der Waals surface area contributed by atoms with Gasteiger partial charge in [0.15, 0.2) is 5.78 Å². The average molecular weight is 458 g/mol. The maximum atomic E-state index is 13.0. The van der Waals surface area contributed by atoms with Gasteiger partial charge in [0.1, 0.15) is 18.1 Å². The maximum absolute atomic E-state index is 13.0. The van der Waals surface area contributed by atoms with E-state index in [2.05, 4.69) is 28.6 Å². The van der Waals surface area contributed by atoms with Gasteiger partial charge in [-0.3, -0.25) is 14.4 Å². The maximum Gasteiger partial charge on any atom is 0.255 e. The molecule has 7 heteroatoms. The van der Waals surface area contributed by atoms with Crippen molar-refractivity contribution in [1.29, 1.82) is 0 Å². The van der Waals surface area contributed by atoms with Crippen LogP contribution in [0.4, 0.5) is 0 Å². The normalized spacial score (nSPS) is 17.9. The first-order chi connectivity index (χ1) is 16.4. The Morgan fingerprint density at radius 2 is 1.79 bits per heavy atom. The third-order valence-corrected chi connectivity index (χ3v) is 6.88. The van der Waals surface area contributed by atoms with Crippen LogP contribution in [0.15, 0.2) is 48.8 Å². The van der Waals surface area contributed by atoms with Crippen LogP contribution in [-0.4, -0.2) is 38.0 Å². The Labute approximate surface area is 198 Å². The number of amides is 1. The van der Waals surface area contributed by atoms with E-state index in [9.17, 15) is 14.4 Å². The Kier molecular flexibility index (Phi) is 5.77. The van der Waals surface area contributed by atoms with E-state index in [0.29, 0.717) is 37.3 Å². The Balaban J connectivity index is 1.26. The van der Waals surface area contributed by atoms with Crippen molar-refractivity contribution in [2.24, 2.45) is 0 Å². The summed E-state index contributed by atoms with van der Waals surface area (Å²) < 4.78 is 8.24. The van der Waals surface area contributed by atoms with E-state index in [-0.39, 0.29) is 23.9 Å². The molecule has 0 bridgehead atoms. The molecule has 1 fully saturated rings. The van der Waals surface area contributed by atoms with Gasteiger partial charge in [-0.05, 0) is 43.5 Å². The number of hydrogen-bond donors (Lipinski definition) is 0. The van der Waals surface area contributed by atoms with Gasteiger partial charge in [0.25, 0.3) is 5.91 Å². The van der Waals surface area contributed by atoms with Crippen LogP contribution in [0.25, 0.3) is 0 Å². The van der Waals surface area contributed by atoms with Gasteiger partial charge in [-0.1, -0.05) is 30.3 Å². The first-order valence-electron chi connectivity index (χ1n) is 11.6. The molecule has 7 nitrogen and oxygen atoms in total. The number of ether oxygens (including phenoxy) is 1. The summed E-state index contributed by atoms with van der Waals surface area (Å²) in [4.78, 5) is 42.9. The van der Waals surface area contributed by atoms with Crippen molar-refractivity contribution in [1.82, 2.24) is 14.5 Å².